The van der Waals surface area contributed by atoms with E-state index in [0.29, 0.717) is 25.1 Å². The zero-order valence-electron chi connectivity index (χ0n) is 18.2. The zero-order valence-corrected chi connectivity index (χ0v) is 19.0. The van der Waals surface area contributed by atoms with Gasteiger partial charge >= 0.3 is 0 Å². The Morgan fingerprint density at radius 2 is 1.87 bits per heavy atom. The zero-order chi connectivity index (χ0) is 22.1. The maximum Gasteiger partial charge on any atom is 0.248 e. The van der Waals surface area contributed by atoms with Gasteiger partial charge in [-0.1, -0.05) is 28.9 Å². The second-order valence-corrected chi connectivity index (χ2v) is 9.80. The third-order valence-corrected chi connectivity index (χ3v) is 7.60. The Labute approximate surface area is 178 Å². The predicted octanol–water partition coefficient (Wildman–Crippen LogP) is 3.23. The number of nitrogens with zero attached hydrogens (tertiary/aromatic N) is 2. The Morgan fingerprint density at radius 1 is 1.20 bits per heavy atom. The van der Waals surface area contributed by atoms with E-state index in [1.807, 2.05) is 26.8 Å². The van der Waals surface area contributed by atoms with Crippen LogP contribution in [0.2, 0.25) is 0 Å². The highest BCUT2D eigenvalue weighted by atomic mass is 32.2. The molecule has 1 atom stereocenters. The molecule has 0 spiro atoms. The molecule has 162 valence electrons. The van der Waals surface area contributed by atoms with Crippen LogP contribution in [0.4, 0.5) is 0 Å². The fourth-order valence-electron chi connectivity index (χ4n) is 4.12. The lowest BCUT2D eigenvalue weighted by molar-refractivity contribution is -0.125. The van der Waals surface area contributed by atoms with Crippen molar-refractivity contribution in [2.75, 3.05) is 20.1 Å². The van der Waals surface area contributed by atoms with Crippen LogP contribution in [0.5, 0.6) is 0 Å². The smallest absolute Gasteiger partial charge is 0.248 e. The number of piperidine rings is 1. The number of hydrogen-bond acceptors (Lipinski definition) is 5. The number of amides is 1. The second kappa shape index (κ2) is 8.73. The van der Waals surface area contributed by atoms with E-state index in [4.69, 9.17) is 4.52 Å². The van der Waals surface area contributed by atoms with Crippen LogP contribution in [0.1, 0.15) is 46.5 Å². The highest BCUT2D eigenvalue weighted by Gasteiger charge is 2.36. The van der Waals surface area contributed by atoms with Crippen molar-refractivity contribution < 1.29 is 17.7 Å². The van der Waals surface area contributed by atoms with Crippen molar-refractivity contribution in [3.05, 3.63) is 45.8 Å². The topological polar surface area (TPSA) is 92.5 Å². The van der Waals surface area contributed by atoms with Crippen molar-refractivity contribution in [1.82, 2.24) is 14.8 Å². The summed E-state index contributed by atoms with van der Waals surface area (Å²) in [5.74, 6) is -0.285. The summed E-state index contributed by atoms with van der Waals surface area (Å²) in [5.41, 5.74) is 4.73. The number of sulfonamides is 1. The van der Waals surface area contributed by atoms with E-state index in [1.165, 1.54) is 9.87 Å². The summed E-state index contributed by atoms with van der Waals surface area (Å²) in [6, 6.07) is 4.17. The summed E-state index contributed by atoms with van der Waals surface area (Å²) < 4.78 is 33.5. The maximum absolute atomic E-state index is 13.4. The number of hydrogen-bond donors (Lipinski definition) is 1. The molecule has 0 bridgehead atoms. The minimum absolute atomic E-state index is 0.0683. The van der Waals surface area contributed by atoms with E-state index >= 15 is 0 Å². The van der Waals surface area contributed by atoms with Gasteiger partial charge in [-0.05, 0) is 63.3 Å². The third-order valence-electron chi connectivity index (χ3n) is 5.57. The first-order valence-corrected chi connectivity index (χ1v) is 11.5. The van der Waals surface area contributed by atoms with Gasteiger partial charge in [0.25, 0.3) is 0 Å². The Hall–Kier alpha value is -2.45. The van der Waals surface area contributed by atoms with E-state index < -0.39 is 10.0 Å². The summed E-state index contributed by atoms with van der Waals surface area (Å²) in [4.78, 5) is 12.1. The van der Waals surface area contributed by atoms with E-state index in [0.717, 1.165) is 16.7 Å². The van der Waals surface area contributed by atoms with Gasteiger partial charge in [0.1, 0.15) is 5.69 Å². The Balaban J connectivity index is 1.95. The molecule has 1 aliphatic rings. The number of rotatable bonds is 5. The van der Waals surface area contributed by atoms with Gasteiger partial charge in [-0.3, -0.25) is 4.79 Å². The van der Waals surface area contributed by atoms with Crippen molar-refractivity contribution in [1.29, 1.82) is 0 Å². The SMILES string of the molecule is CNC(=O)C1CCCN(S(=O)(=O)c2c(C)noc2/C=C/c2c(C)cc(C)cc2C)C1. The third kappa shape index (κ3) is 4.34. The standard InChI is InChI=1S/C22H29N3O4S/c1-14-11-15(2)19(16(3)12-14)8-9-20-21(17(4)24-29-20)30(27,28)25-10-6-7-18(13-25)22(26)23-5/h8-9,11-12,18H,6-7,10,13H2,1-5H3,(H,23,26)/b9-8+. The molecule has 1 amide bonds. The molecular formula is C22H29N3O4S. The molecule has 30 heavy (non-hydrogen) atoms. The quantitative estimate of drug-likeness (QED) is 0.785. The summed E-state index contributed by atoms with van der Waals surface area (Å²) in [6.45, 7) is 8.25. The molecule has 1 aromatic carbocycles. The molecule has 1 N–H and O–H groups in total. The molecule has 0 radical (unpaired) electrons. The first-order chi connectivity index (χ1) is 14.1. The summed E-state index contributed by atoms with van der Waals surface area (Å²) in [5, 5.41) is 6.52. The average molecular weight is 432 g/mol. The number of aryl methyl sites for hydroxylation is 4. The number of carbonyl (C=O) groups excluding carboxylic acids is 1. The minimum atomic E-state index is -3.84. The first-order valence-electron chi connectivity index (χ1n) is 10.1. The largest absolute Gasteiger partial charge is 0.359 e. The van der Waals surface area contributed by atoms with Gasteiger partial charge in [0.2, 0.25) is 15.9 Å². The van der Waals surface area contributed by atoms with E-state index in [2.05, 4.69) is 22.6 Å². The average Bonchev–Trinajstić information content (AvgIpc) is 3.07. The Morgan fingerprint density at radius 3 is 2.50 bits per heavy atom. The van der Waals surface area contributed by atoms with Crippen molar-refractivity contribution in [2.24, 2.45) is 5.92 Å². The second-order valence-electron chi connectivity index (χ2n) is 7.92. The lowest BCUT2D eigenvalue weighted by atomic mass is 9.99. The lowest BCUT2D eigenvalue weighted by Crippen LogP contribution is -2.44. The molecule has 2 aromatic rings. The summed E-state index contributed by atoms with van der Waals surface area (Å²) in [6.07, 6.45) is 4.84. The Bertz CT molecular complexity index is 1060. The van der Waals surface area contributed by atoms with Gasteiger partial charge in [0.05, 0.1) is 5.92 Å². The maximum atomic E-state index is 13.4. The number of benzene rings is 1. The molecule has 1 fully saturated rings. The first kappa shape index (κ1) is 22.2. The van der Waals surface area contributed by atoms with Crippen LogP contribution in [0, 0.1) is 33.6 Å². The van der Waals surface area contributed by atoms with Crippen molar-refractivity contribution in [3.63, 3.8) is 0 Å². The van der Waals surface area contributed by atoms with Crippen molar-refractivity contribution in [3.8, 4) is 0 Å². The number of nitrogens with one attached hydrogen (secondary N) is 1. The van der Waals surface area contributed by atoms with Gasteiger partial charge < -0.3 is 9.84 Å². The van der Waals surface area contributed by atoms with Crippen molar-refractivity contribution in [2.45, 2.75) is 45.4 Å². The summed E-state index contributed by atoms with van der Waals surface area (Å²) in [7, 11) is -2.27. The van der Waals surface area contributed by atoms with Crippen molar-refractivity contribution >= 4 is 28.1 Å². The molecule has 2 heterocycles. The fourth-order valence-corrected chi connectivity index (χ4v) is 5.89. The molecule has 0 aliphatic carbocycles. The number of carbonyl (C=O) groups is 1. The predicted molar refractivity (Wildman–Crippen MR) is 116 cm³/mol. The van der Waals surface area contributed by atoms with Gasteiger partial charge in [-0.25, -0.2) is 8.42 Å². The van der Waals surface area contributed by atoms with Crippen LogP contribution in [0.25, 0.3) is 12.2 Å². The van der Waals surface area contributed by atoms with Gasteiger partial charge in [0, 0.05) is 20.1 Å². The van der Waals surface area contributed by atoms with Gasteiger partial charge in [-0.15, -0.1) is 0 Å². The fraction of sp³-hybridized carbons (Fsp3) is 0.455. The van der Waals surface area contributed by atoms with Gasteiger partial charge in [0.15, 0.2) is 10.7 Å². The lowest BCUT2D eigenvalue weighted by Gasteiger charge is -2.30. The van der Waals surface area contributed by atoms with E-state index in [1.54, 1.807) is 20.0 Å². The monoisotopic (exact) mass is 431 g/mol. The molecule has 7 nitrogen and oxygen atoms in total. The molecule has 1 unspecified atom stereocenters. The van der Waals surface area contributed by atoms with Crippen LogP contribution >= 0.6 is 0 Å². The molecule has 3 rings (SSSR count). The molecule has 1 aliphatic heterocycles. The Kier molecular flexibility index (Phi) is 6.47. The molecular weight excluding hydrogens is 402 g/mol. The van der Waals surface area contributed by atoms with Crippen LogP contribution in [0.15, 0.2) is 21.6 Å². The molecule has 8 heteroatoms. The van der Waals surface area contributed by atoms with E-state index in [9.17, 15) is 13.2 Å². The highest BCUT2D eigenvalue weighted by Crippen LogP contribution is 2.30. The molecule has 1 aromatic heterocycles. The van der Waals surface area contributed by atoms with Crippen LogP contribution < -0.4 is 5.32 Å². The van der Waals surface area contributed by atoms with Crippen LogP contribution in [-0.4, -0.2) is 43.9 Å². The molecule has 0 saturated carbocycles. The molecule has 1 saturated heterocycles. The van der Waals surface area contributed by atoms with Crippen LogP contribution in [-0.2, 0) is 14.8 Å². The van der Waals surface area contributed by atoms with Crippen LogP contribution in [0.3, 0.4) is 0 Å². The van der Waals surface area contributed by atoms with E-state index in [-0.39, 0.29) is 29.0 Å². The minimum Gasteiger partial charge on any atom is -0.359 e. The summed E-state index contributed by atoms with van der Waals surface area (Å²) >= 11 is 0. The van der Waals surface area contributed by atoms with Gasteiger partial charge in [-0.2, -0.15) is 4.31 Å². The highest BCUT2D eigenvalue weighted by molar-refractivity contribution is 7.89. The normalized spacial score (nSPS) is 18.1. The number of aromatic nitrogens is 1.